The van der Waals surface area contributed by atoms with Gasteiger partial charge >= 0.3 is 0 Å². The molecule has 2 heteroatoms. The maximum atomic E-state index is 12.9. The van der Waals surface area contributed by atoms with Crippen LogP contribution in [0.1, 0.15) is 17.9 Å². The number of halogens is 1. The van der Waals surface area contributed by atoms with Gasteiger partial charge in [0, 0.05) is 0 Å². The minimum atomic E-state index is -0.184. The van der Waals surface area contributed by atoms with Crippen molar-refractivity contribution in [3.05, 3.63) is 59.9 Å². The van der Waals surface area contributed by atoms with Crippen LogP contribution in [0.15, 0.2) is 48.5 Å². The molecule has 1 saturated carbocycles. The lowest BCUT2D eigenvalue weighted by atomic mass is 10.0. The second-order valence-corrected chi connectivity index (χ2v) is 5.29. The summed E-state index contributed by atoms with van der Waals surface area (Å²) in [6.07, 6.45) is 1.27. The highest BCUT2D eigenvalue weighted by Gasteiger charge is 2.37. The predicted molar refractivity (Wildman–Crippen MR) is 76.6 cm³/mol. The van der Waals surface area contributed by atoms with Gasteiger partial charge in [0.2, 0.25) is 0 Å². The summed E-state index contributed by atoms with van der Waals surface area (Å²) >= 11 is 0. The van der Waals surface area contributed by atoms with Crippen LogP contribution in [0.3, 0.4) is 0 Å². The van der Waals surface area contributed by atoms with Crippen LogP contribution in [0.25, 0.3) is 11.1 Å². The molecule has 19 heavy (non-hydrogen) atoms. The second kappa shape index (κ2) is 5.14. The highest BCUT2D eigenvalue weighted by atomic mass is 19.1. The fourth-order valence-corrected chi connectivity index (χ4v) is 2.73. The zero-order valence-corrected chi connectivity index (χ0v) is 11.1. The molecule has 2 unspecified atom stereocenters. The van der Waals surface area contributed by atoms with E-state index >= 15 is 0 Å². The molecule has 1 fully saturated rings. The summed E-state index contributed by atoms with van der Waals surface area (Å²) in [4.78, 5) is 0. The Morgan fingerprint density at radius 3 is 2.63 bits per heavy atom. The van der Waals surface area contributed by atoms with Crippen LogP contribution in [0.5, 0.6) is 0 Å². The Hall–Kier alpha value is -1.67. The zero-order valence-electron chi connectivity index (χ0n) is 11.1. The summed E-state index contributed by atoms with van der Waals surface area (Å²) in [6.45, 7) is 1.09. The van der Waals surface area contributed by atoms with E-state index in [0.29, 0.717) is 5.92 Å². The molecular formula is C17H18FN. The first-order valence-electron chi connectivity index (χ1n) is 6.78. The minimum absolute atomic E-state index is 0.184. The second-order valence-electron chi connectivity index (χ2n) is 5.29. The Morgan fingerprint density at radius 2 is 1.89 bits per heavy atom. The van der Waals surface area contributed by atoms with Crippen molar-refractivity contribution in [2.45, 2.75) is 12.3 Å². The van der Waals surface area contributed by atoms with Crippen molar-refractivity contribution in [2.24, 2.45) is 5.92 Å². The van der Waals surface area contributed by atoms with E-state index in [1.807, 2.05) is 19.2 Å². The van der Waals surface area contributed by atoms with Gasteiger partial charge in [-0.15, -0.1) is 0 Å². The van der Waals surface area contributed by atoms with Gasteiger partial charge in [0.25, 0.3) is 0 Å². The summed E-state index contributed by atoms with van der Waals surface area (Å²) in [6, 6.07) is 15.3. The first-order valence-corrected chi connectivity index (χ1v) is 6.78. The van der Waals surface area contributed by atoms with E-state index in [1.165, 1.54) is 29.7 Å². The highest BCUT2D eigenvalue weighted by Crippen LogP contribution is 2.47. The normalized spacial score (nSPS) is 21.4. The maximum Gasteiger partial charge on any atom is 0.123 e. The van der Waals surface area contributed by atoms with Crippen LogP contribution in [0, 0.1) is 11.7 Å². The molecule has 0 aliphatic heterocycles. The van der Waals surface area contributed by atoms with Crippen LogP contribution in [0.4, 0.5) is 4.39 Å². The van der Waals surface area contributed by atoms with Gasteiger partial charge < -0.3 is 5.32 Å². The third kappa shape index (κ3) is 2.69. The number of hydrogen-bond donors (Lipinski definition) is 1. The molecule has 2 atom stereocenters. The number of nitrogens with one attached hydrogen (secondary N) is 1. The molecule has 98 valence electrons. The molecule has 1 nitrogen and oxygen atoms in total. The Morgan fingerprint density at radius 1 is 1.11 bits per heavy atom. The minimum Gasteiger partial charge on any atom is -0.319 e. The van der Waals surface area contributed by atoms with Crippen molar-refractivity contribution in [1.82, 2.24) is 5.32 Å². The van der Waals surface area contributed by atoms with E-state index in [9.17, 15) is 4.39 Å². The molecular weight excluding hydrogens is 237 g/mol. The lowest BCUT2D eigenvalue weighted by Gasteiger charge is -2.06. The fourth-order valence-electron chi connectivity index (χ4n) is 2.73. The summed E-state index contributed by atoms with van der Waals surface area (Å²) in [5, 5.41) is 3.24. The van der Waals surface area contributed by atoms with E-state index in [4.69, 9.17) is 0 Å². The molecule has 0 heterocycles. The van der Waals surface area contributed by atoms with Crippen LogP contribution >= 0.6 is 0 Å². The standard InChI is InChI=1S/C17H18FN/c1-19-11-15-10-17(15)14-4-2-3-13(9-14)12-5-7-16(18)8-6-12/h2-9,15,17,19H,10-11H2,1H3. The molecule has 0 aromatic heterocycles. The van der Waals surface area contributed by atoms with Crippen molar-refractivity contribution in [3.63, 3.8) is 0 Å². The maximum absolute atomic E-state index is 12.9. The van der Waals surface area contributed by atoms with Gasteiger partial charge in [-0.3, -0.25) is 0 Å². The Bertz CT molecular complexity index is 562. The van der Waals surface area contributed by atoms with Gasteiger partial charge in [-0.1, -0.05) is 36.4 Å². The van der Waals surface area contributed by atoms with Gasteiger partial charge in [-0.05, 0) is 60.7 Å². The first-order chi connectivity index (χ1) is 9.28. The number of hydrogen-bond acceptors (Lipinski definition) is 1. The van der Waals surface area contributed by atoms with E-state index in [-0.39, 0.29) is 5.82 Å². The largest absolute Gasteiger partial charge is 0.319 e. The highest BCUT2D eigenvalue weighted by molar-refractivity contribution is 5.64. The smallest absolute Gasteiger partial charge is 0.123 e. The lowest BCUT2D eigenvalue weighted by molar-refractivity contribution is 0.628. The summed E-state index contributed by atoms with van der Waals surface area (Å²) in [7, 11) is 2.00. The van der Waals surface area contributed by atoms with Crippen LogP contribution in [-0.4, -0.2) is 13.6 Å². The van der Waals surface area contributed by atoms with Crippen molar-refractivity contribution >= 4 is 0 Å². The predicted octanol–water partition coefficient (Wildman–Crippen LogP) is 3.82. The van der Waals surface area contributed by atoms with Gasteiger partial charge in [-0.2, -0.15) is 0 Å². The molecule has 0 amide bonds. The average Bonchev–Trinajstić information content (AvgIpc) is 3.20. The van der Waals surface area contributed by atoms with Gasteiger partial charge in [0.15, 0.2) is 0 Å². The number of rotatable bonds is 4. The van der Waals surface area contributed by atoms with Crippen molar-refractivity contribution in [1.29, 1.82) is 0 Å². The van der Waals surface area contributed by atoms with E-state index in [0.717, 1.165) is 18.0 Å². The molecule has 1 aliphatic carbocycles. The quantitative estimate of drug-likeness (QED) is 0.876. The SMILES string of the molecule is CNCC1CC1c1cccc(-c2ccc(F)cc2)c1. The number of benzene rings is 2. The Kier molecular flexibility index (Phi) is 3.34. The Balaban J connectivity index is 1.82. The van der Waals surface area contributed by atoms with Gasteiger partial charge in [0.1, 0.15) is 5.82 Å². The van der Waals surface area contributed by atoms with Crippen LogP contribution in [-0.2, 0) is 0 Å². The monoisotopic (exact) mass is 255 g/mol. The summed E-state index contributed by atoms with van der Waals surface area (Å²) in [5.74, 6) is 1.28. The topological polar surface area (TPSA) is 12.0 Å². The first kappa shape index (κ1) is 12.4. The van der Waals surface area contributed by atoms with Crippen molar-refractivity contribution in [2.75, 3.05) is 13.6 Å². The molecule has 2 aromatic rings. The third-order valence-electron chi connectivity index (χ3n) is 3.88. The van der Waals surface area contributed by atoms with E-state index in [1.54, 1.807) is 0 Å². The summed E-state index contributed by atoms with van der Waals surface area (Å²) < 4.78 is 12.9. The lowest BCUT2D eigenvalue weighted by Crippen LogP contribution is -2.10. The molecule has 1 N–H and O–H groups in total. The zero-order chi connectivity index (χ0) is 13.2. The molecule has 0 bridgehead atoms. The molecule has 3 rings (SSSR count). The Labute approximate surface area is 113 Å². The third-order valence-corrected chi connectivity index (χ3v) is 3.88. The van der Waals surface area contributed by atoms with E-state index < -0.39 is 0 Å². The van der Waals surface area contributed by atoms with Crippen molar-refractivity contribution < 1.29 is 4.39 Å². The molecule has 1 aliphatic rings. The van der Waals surface area contributed by atoms with Crippen molar-refractivity contribution in [3.8, 4) is 11.1 Å². The molecule has 0 spiro atoms. The molecule has 0 saturated heterocycles. The summed E-state index contributed by atoms with van der Waals surface area (Å²) in [5.41, 5.74) is 3.66. The van der Waals surface area contributed by atoms with Crippen LogP contribution in [0.2, 0.25) is 0 Å². The average molecular weight is 255 g/mol. The van der Waals surface area contributed by atoms with E-state index in [2.05, 4.69) is 29.6 Å². The van der Waals surface area contributed by atoms with Gasteiger partial charge in [-0.25, -0.2) is 4.39 Å². The van der Waals surface area contributed by atoms with Crippen LogP contribution < -0.4 is 5.32 Å². The molecule has 0 radical (unpaired) electrons. The molecule has 2 aromatic carbocycles. The fraction of sp³-hybridized carbons (Fsp3) is 0.294. The van der Waals surface area contributed by atoms with Gasteiger partial charge in [0.05, 0.1) is 0 Å².